The highest BCUT2D eigenvalue weighted by atomic mass is 19.1. The van der Waals surface area contributed by atoms with Gasteiger partial charge >= 0.3 is 5.97 Å². The molecule has 0 unspecified atom stereocenters. The van der Waals surface area contributed by atoms with Crippen molar-refractivity contribution in [3.05, 3.63) is 41.7 Å². The van der Waals surface area contributed by atoms with Crippen molar-refractivity contribution < 1.29 is 23.5 Å². The van der Waals surface area contributed by atoms with E-state index in [9.17, 15) is 14.0 Å². The number of hydrogen-bond acceptors (Lipinski definition) is 4. The third-order valence-electron chi connectivity index (χ3n) is 3.51. The Morgan fingerprint density at radius 3 is 2.50 bits per heavy atom. The van der Waals surface area contributed by atoms with Crippen molar-refractivity contribution in [2.24, 2.45) is 0 Å². The maximum atomic E-state index is 12.9. The lowest BCUT2D eigenvalue weighted by molar-refractivity contribution is -0.143. The minimum absolute atomic E-state index is 0.136. The second-order valence-corrected chi connectivity index (χ2v) is 6.04. The van der Waals surface area contributed by atoms with Crippen LogP contribution in [0.3, 0.4) is 0 Å². The van der Waals surface area contributed by atoms with E-state index in [1.807, 2.05) is 13.8 Å². The van der Waals surface area contributed by atoms with Crippen molar-refractivity contribution >= 4 is 18.0 Å². The zero-order chi connectivity index (χ0) is 19.4. The molecule has 1 amide bonds. The van der Waals surface area contributed by atoms with E-state index in [-0.39, 0.29) is 36.8 Å². The Hall–Kier alpha value is -2.21. The normalized spacial score (nSPS) is 11.1. The molecule has 1 rings (SSSR count). The van der Waals surface area contributed by atoms with Crippen molar-refractivity contribution in [2.45, 2.75) is 39.7 Å². The van der Waals surface area contributed by atoms with Crippen LogP contribution in [0.5, 0.6) is 0 Å². The molecule has 1 aromatic carbocycles. The monoisotopic (exact) mass is 365 g/mol. The second-order valence-electron chi connectivity index (χ2n) is 6.04. The van der Waals surface area contributed by atoms with Crippen molar-refractivity contribution in [2.75, 3.05) is 26.3 Å². The van der Waals surface area contributed by atoms with Crippen LogP contribution in [-0.4, -0.2) is 49.2 Å². The van der Waals surface area contributed by atoms with Gasteiger partial charge in [0.1, 0.15) is 5.82 Å². The Morgan fingerprint density at radius 1 is 1.19 bits per heavy atom. The van der Waals surface area contributed by atoms with E-state index in [0.29, 0.717) is 26.2 Å². The van der Waals surface area contributed by atoms with Gasteiger partial charge in [0.2, 0.25) is 5.91 Å². The molecule has 1 aromatic rings. The van der Waals surface area contributed by atoms with Crippen LogP contribution >= 0.6 is 0 Å². The molecule has 0 fully saturated rings. The van der Waals surface area contributed by atoms with Gasteiger partial charge in [0.05, 0.1) is 19.1 Å². The van der Waals surface area contributed by atoms with E-state index in [1.54, 1.807) is 30.0 Å². The molecule has 0 aromatic heterocycles. The maximum absolute atomic E-state index is 12.9. The number of carbonyl (C=O) groups excluding carboxylic acids is 2. The number of hydrogen-bond donors (Lipinski definition) is 0. The van der Waals surface area contributed by atoms with E-state index in [0.717, 1.165) is 5.56 Å². The Bertz CT molecular complexity index is 584. The molecule has 0 aliphatic carbocycles. The van der Waals surface area contributed by atoms with Crippen LogP contribution in [-0.2, 0) is 19.1 Å². The summed E-state index contributed by atoms with van der Waals surface area (Å²) in [5, 5.41) is 0. The van der Waals surface area contributed by atoms with Gasteiger partial charge in [-0.3, -0.25) is 9.59 Å². The number of halogens is 1. The lowest BCUT2D eigenvalue weighted by Crippen LogP contribution is -2.33. The van der Waals surface area contributed by atoms with E-state index in [1.165, 1.54) is 18.2 Å². The Kier molecular flexibility index (Phi) is 10.2. The summed E-state index contributed by atoms with van der Waals surface area (Å²) in [5.41, 5.74) is 0.730. The van der Waals surface area contributed by atoms with Gasteiger partial charge in [-0.25, -0.2) is 4.39 Å². The van der Waals surface area contributed by atoms with Crippen molar-refractivity contribution in [3.63, 3.8) is 0 Å². The predicted octanol–water partition coefficient (Wildman–Crippen LogP) is 3.44. The van der Waals surface area contributed by atoms with Crippen LogP contribution in [0, 0.1) is 5.82 Å². The quantitative estimate of drug-likeness (QED) is 0.342. The highest BCUT2D eigenvalue weighted by Gasteiger charge is 2.13. The van der Waals surface area contributed by atoms with E-state index in [4.69, 9.17) is 9.47 Å². The number of nitrogens with zero attached hydrogens (tertiary/aromatic N) is 1. The Balaban J connectivity index is 2.63. The molecule has 0 N–H and O–H groups in total. The molecule has 5 nitrogen and oxygen atoms in total. The molecule has 144 valence electrons. The van der Waals surface area contributed by atoms with Crippen LogP contribution in [0.15, 0.2) is 30.3 Å². The van der Waals surface area contributed by atoms with Gasteiger partial charge in [-0.2, -0.15) is 0 Å². The molecule has 26 heavy (non-hydrogen) atoms. The predicted molar refractivity (Wildman–Crippen MR) is 99.0 cm³/mol. The second kappa shape index (κ2) is 12.2. The SMILES string of the molecule is CCOC(=O)CCN(CCCOC(C)C)C(=O)/C=C/c1ccc(F)cc1. The first-order valence-electron chi connectivity index (χ1n) is 8.92. The summed E-state index contributed by atoms with van der Waals surface area (Å²) in [6.45, 7) is 7.29. The molecule has 0 saturated heterocycles. The van der Waals surface area contributed by atoms with Gasteiger partial charge in [0.15, 0.2) is 0 Å². The summed E-state index contributed by atoms with van der Waals surface area (Å²) in [5.74, 6) is -0.857. The zero-order valence-electron chi connectivity index (χ0n) is 15.7. The van der Waals surface area contributed by atoms with Crippen LogP contribution in [0.2, 0.25) is 0 Å². The number of esters is 1. The number of ether oxygens (including phenoxy) is 2. The molecule has 0 aliphatic heterocycles. The Morgan fingerprint density at radius 2 is 1.88 bits per heavy atom. The van der Waals surface area contributed by atoms with Gasteiger partial charge in [0, 0.05) is 25.8 Å². The highest BCUT2D eigenvalue weighted by molar-refractivity contribution is 5.92. The fraction of sp³-hybridized carbons (Fsp3) is 0.500. The van der Waals surface area contributed by atoms with E-state index in [2.05, 4.69) is 0 Å². The molecule has 0 heterocycles. The topological polar surface area (TPSA) is 55.8 Å². The Labute approximate surface area is 154 Å². The molecule has 0 aliphatic rings. The lowest BCUT2D eigenvalue weighted by Gasteiger charge is -2.21. The molecule has 0 atom stereocenters. The van der Waals surface area contributed by atoms with Crippen LogP contribution in [0.1, 0.15) is 39.2 Å². The summed E-state index contributed by atoms with van der Waals surface area (Å²) >= 11 is 0. The third kappa shape index (κ3) is 9.32. The van der Waals surface area contributed by atoms with E-state index >= 15 is 0 Å². The molecule has 0 spiro atoms. The molecule has 0 saturated carbocycles. The highest BCUT2D eigenvalue weighted by Crippen LogP contribution is 2.06. The minimum atomic E-state index is -0.328. The van der Waals surface area contributed by atoms with Gasteiger partial charge in [-0.05, 0) is 51.0 Å². The lowest BCUT2D eigenvalue weighted by atomic mass is 10.2. The fourth-order valence-electron chi connectivity index (χ4n) is 2.21. The zero-order valence-corrected chi connectivity index (χ0v) is 15.7. The molecular formula is C20H28FNO4. The van der Waals surface area contributed by atoms with Gasteiger partial charge < -0.3 is 14.4 Å². The number of carbonyl (C=O) groups is 2. The molecular weight excluding hydrogens is 337 g/mol. The smallest absolute Gasteiger partial charge is 0.307 e. The van der Waals surface area contributed by atoms with Crippen molar-refractivity contribution in [1.82, 2.24) is 4.90 Å². The molecule has 0 radical (unpaired) electrons. The summed E-state index contributed by atoms with van der Waals surface area (Å²) < 4.78 is 23.3. The van der Waals surface area contributed by atoms with Crippen LogP contribution in [0.25, 0.3) is 6.08 Å². The first-order chi connectivity index (χ1) is 12.4. The van der Waals surface area contributed by atoms with Crippen LogP contribution < -0.4 is 0 Å². The minimum Gasteiger partial charge on any atom is -0.466 e. The summed E-state index contributed by atoms with van der Waals surface area (Å²) in [6, 6.07) is 5.87. The largest absolute Gasteiger partial charge is 0.466 e. The molecule has 0 bridgehead atoms. The van der Waals surface area contributed by atoms with E-state index < -0.39 is 0 Å². The van der Waals surface area contributed by atoms with Crippen LogP contribution in [0.4, 0.5) is 4.39 Å². The number of amides is 1. The first-order valence-corrected chi connectivity index (χ1v) is 8.92. The first kappa shape index (κ1) is 21.8. The standard InChI is InChI=1S/C20H28FNO4/c1-4-25-20(24)12-14-22(13-5-15-26-16(2)3)19(23)11-8-17-6-9-18(21)10-7-17/h6-11,16H,4-5,12-15H2,1-3H3/b11-8+. The number of rotatable bonds is 11. The third-order valence-corrected chi connectivity index (χ3v) is 3.51. The fourth-order valence-corrected chi connectivity index (χ4v) is 2.21. The average molecular weight is 365 g/mol. The maximum Gasteiger partial charge on any atom is 0.307 e. The summed E-state index contributed by atoms with van der Waals surface area (Å²) in [4.78, 5) is 25.6. The van der Waals surface area contributed by atoms with Gasteiger partial charge in [-0.15, -0.1) is 0 Å². The summed E-state index contributed by atoms with van der Waals surface area (Å²) in [7, 11) is 0. The number of benzene rings is 1. The molecule has 6 heteroatoms. The summed E-state index contributed by atoms with van der Waals surface area (Å²) in [6.07, 6.45) is 4.02. The van der Waals surface area contributed by atoms with Gasteiger partial charge in [-0.1, -0.05) is 12.1 Å². The average Bonchev–Trinajstić information content (AvgIpc) is 2.60. The van der Waals surface area contributed by atoms with Gasteiger partial charge in [0.25, 0.3) is 0 Å². The van der Waals surface area contributed by atoms with Crippen molar-refractivity contribution in [3.8, 4) is 0 Å². The van der Waals surface area contributed by atoms with Crippen molar-refractivity contribution in [1.29, 1.82) is 0 Å².